The first-order valence-electron chi connectivity index (χ1n) is 17.0. The molecule has 2 heterocycles. The van der Waals surface area contributed by atoms with Crippen molar-refractivity contribution in [3.05, 3.63) is 138 Å². The molecule has 4 aromatic carbocycles. The molecular formula is C41H42N2O5S. The average Bonchev–Trinajstić information content (AvgIpc) is 3.41. The molecule has 0 N–H and O–H groups in total. The summed E-state index contributed by atoms with van der Waals surface area (Å²) < 4.78 is 20.0. The van der Waals surface area contributed by atoms with Crippen LogP contribution in [0.1, 0.15) is 81.7 Å². The number of esters is 1. The van der Waals surface area contributed by atoms with E-state index in [1.54, 1.807) is 11.5 Å². The van der Waals surface area contributed by atoms with Crippen LogP contribution in [0.25, 0.3) is 16.8 Å². The van der Waals surface area contributed by atoms with Gasteiger partial charge < -0.3 is 14.2 Å². The van der Waals surface area contributed by atoms with Crippen molar-refractivity contribution in [2.24, 2.45) is 4.99 Å². The molecule has 7 nitrogen and oxygen atoms in total. The summed E-state index contributed by atoms with van der Waals surface area (Å²) in [4.78, 5) is 33.2. The Bertz CT molecular complexity index is 2190. The highest BCUT2D eigenvalue weighted by Crippen LogP contribution is 2.34. The van der Waals surface area contributed by atoms with Crippen LogP contribution in [0.4, 0.5) is 0 Å². The van der Waals surface area contributed by atoms with Gasteiger partial charge in [0.05, 0.1) is 35.1 Å². The minimum atomic E-state index is -0.649. The van der Waals surface area contributed by atoms with E-state index in [-0.39, 0.29) is 12.2 Å². The summed E-state index contributed by atoms with van der Waals surface area (Å²) in [5.74, 6) is 1.13. The van der Waals surface area contributed by atoms with E-state index in [2.05, 4.69) is 57.2 Å². The lowest BCUT2D eigenvalue weighted by molar-refractivity contribution is -0.139. The molecule has 0 bridgehead atoms. The summed E-state index contributed by atoms with van der Waals surface area (Å²) in [7, 11) is 0. The van der Waals surface area contributed by atoms with Crippen LogP contribution in [0.15, 0.2) is 106 Å². The van der Waals surface area contributed by atoms with E-state index in [4.69, 9.17) is 19.2 Å². The minimum absolute atomic E-state index is 0.215. The van der Waals surface area contributed by atoms with Crippen molar-refractivity contribution in [3.8, 4) is 11.5 Å². The van der Waals surface area contributed by atoms with Crippen LogP contribution in [0.3, 0.4) is 0 Å². The molecule has 0 unspecified atom stereocenters. The number of nitrogens with zero attached hydrogens (tertiary/aromatic N) is 2. The van der Waals surface area contributed by atoms with Gasteiger partial charge in [-0.3, -0.25) is 9.36 Å². The zero-order valence-electron chi connectivity index (χ0n) is 28.7. The Morgan fingerprint density at radius 1 is 0.918 bits per heavy atom. The standard InChI is InChI=1S/C41H42N2O5S/c1-6-12-33-37(40(45)47-8-3)38(30-20-18-28(19-21-30)26(4)5)43-39(44)36(49-41(43)42-33)24-27-17-22-34(35(23-27)46-7-2)48-25-31-15-11-14-29-13-9-10-16-32(29)31/h9-11,13-24,26,38H,6-8,12,25H2,1-5H3/b36-24-/t38-/m0/s1. The van der Waals surface area contributed by atoms with Crippen LogP contribution < -0.4 is 24.4 Å². The summed E-state index contributed by atoms with van der Waals surface area (Å²) in [5.41, 5.74) is 4.78. The molecule has 0 amide bonds. The molecular weight excluding hydrogens is 633 g/mol. The van der Waals surface area contributed by atoms with Crippen molar-refractivity contribution in [1.29, 1.82) is 0 Å². The van der Waals surface area contributed by atoms with Gasteiger partial charge in [-0.1, -0.05) is 111 Å². The Hall–Kier alpha value is -4.95. The molecule has 0 saturated heterocycles. The molecule has 1 aliphatic heterocycles. The van der Waals surface area contributed by atoms with Crippen molar-refractivity contribution in [2.45, 2.75) is 66.0 Å². The number of rotatable bonds is 12. The van der Waals surface area contributed by atoms with Crippen molar-refractivity contribution < 1.29 is 19.0 Å². The van der Waals surface area contributed by atoms with Gasteiger partial charge in [0.1, 0.15) is 6.61 Å². The summed E-state index contributed by atoms with van der Waals surface area (Å²) in [6, 6.07) is 27.7. The van der Waals surface area contributed by atoms with Crippen molar-refractivity contribution in [2.75, 3.05) is 13.2 Å². The molecule has 0 saturated carbocycles. The van der Waals surface area contributed by atoms with Crippen molar-refractivity contribution in [3.63, 3.8) is 0 Å². The summed E-state index contributed by atoms with van der Waals surface area (Å²) in [6.45, 7) is 11.1. The Kier molecular flexibility index (Phi) is 10.4. The Labute approximate surface area is 290 Å². The van der Waals surface area contributed by atoms with E-state index in [1.165, 1.54) is 16.9 Å². The van der Waals surface area contributed by atoms with Gasteiger partial charge in [-0.15, -0.1) is 0 Å². The molecule has 1 atom stereocenters. The zero-order chi connectivity index (χ0) is 34.5. The number of aromatic nitrogens is 1. The molecule has 5 aromatic rings. The van der Waals surface area contributed by atoms with Crippen molar-refractivity contribution in [1.82, 2.24) is 4.57 Å². The largest absolute Gasteiger partial charge is 0.490 e. The topological polar surface area (TPSA) is 79.1 Å². The fourth-order valence-electron chi connectivity index (χ4n) is 6.23. The number of fused-ring (bicyclic) bond motifs is 2. The normalized spacial score (nSPS) is 14.6. The number of hydrogen-bond acceptors (Lipinski definition) is 7. The fraction of sp³-hybridized carbons (Fsp3) is 0.293. The predicted octanol–water partition coefficient (Wildman–Crippen LogP) is 7.83. The van der Waals surface area contributed by atoms with Gasteiger partial charge in [-0.25, -0.2) is 9.79 Å². The van der Waals surface area contributed by atoms with E-state index in [0.717, 1.165) is 33.9 Å². The number of allylic oxidation sites excluding steroid dienone is 1. The first-order chi connectivity index (χ1) is 23.8. The second kappa shape index (κ2) is 15.1. The summed E-state index contributed by atoms with van der Waals surface area (Å²) in [5, 5.41) is 2.31. The van der Waals surface area contributed by atoms with Gasteiger partial charge in [0.25, 0.3) is 5.56 Å². The van der Waals surface area contributed by atoms with Crippen LogP contribution >= 0.6 is 11.3 Å². The highest BCUT2D eigenvalue weighted by Gasteiger charge is 2.34. The van der Waals surface area contributed by atoms with E-state index >= 15 is 0 Å². The molecule has 0 spiro atoms. The Morgan fingerprint density at radius 3 is 2.43 bits per heavy atom. The maximum absolute atomic E-state index is 14.3. The number of carbonyl (C=O) groups is 1. The lowest BCUT2D eigenvalue weighted by atomic mass is 9.92. The van der Waals surface area contributed by atoms with Gasteiger partial charge in [-0.2, -0.15) is 0 Å². The maximum atomic E-state index is 14.3. The minimum Gasteiger partial charge on any atom is -0.490 e. The van der Waals surface area contributed by atoms with Gasteiger partial charge in [0.2, 0.25) is 0 Å². The molecule has 252 valence electrons. The third-order valence-electron chi connectivity index (χ3n) is 8.64. The van der Waals surface area contributed by atoms with E-state index in [0.29, 0.717) is 57.7 Å². The smallest absolute Gasteiger partial charge is 0.338 e. The van der Waals surface area contributed by atoms with Gasteiger partial charge in [0.15, 0.2) is 16.3 Å². The molecule has 6 rings (SSSR count). The van der Waals surface area contributed by atoms with E-state index in [9.17, 15) is 9.59 Å². The van der Waals surface area contributed by atoms with Crippen LogP contribution in [0.5, 0.6) is 11.5 Å². The molecule has 0 aliphatic carbocycles. The maximum Gasteiger partial charge on any atom is 0.338 e. The third-order valence-corrected chi connectivity index (χ3v) is 9.62. The highest BCUT2D eigenvalue weighted by molar-refractivity contribution is 7.07. The quantitative estimate of drug-likeness (QED) is 0.126. The predicted molar refractivity (Wildman–Crippen MR) is 196 cm³/mol. The SMILES string of the molecule is CCCC1=C(C(=O)OCC)[C@H](c2ccc(C(C)C)cc2)n2c(s/c(=C\c3ccc(OCc4cccc5ccccc45)c(OCC)c3)c2=O)=N1. The highest BCUT2D eigenvalue weighted by atomic mass is 32.1. The third kappa shape index (κ3) is 7.10. The lowest BCUT2D eigenvalue weighted by Gasteiger charge is -2.26. The molecule has 1 aromatic heterocycles. The first-order valence-corrected chi connectivity index (χ1v) is 17.8. The van der Waals surface area contributed by atoms with Gasteiger partial charge in [-0.05, 0) is 77.4 Å². The van der Waals surface area contributed by atoms with Crippen LogP contribution in [-0.2, 0) is 16.1 Å². The number of benzene rings is 4. The lowest BCUT2D eigenvalue weighted by Crippen LogP contribution is -2.40. The van der Waals surface area contributed by atoms with Gasteiger partial charge >= 0.3 is 5.97 Å². The second-order valence-electron chi connectivity index (χ2n) is 12.3. The number of thiazole rings is 1. The van der Waals surface area contributed by atoms with Gasteiger partial charge in [0, 0.05) is 0 Å². The van der Waals surface area contributed by atoms with Crippen LogP contribution in [0, 0.1) is 0 Å². The molecule has 8 heteroatoms. The molecule has 1 aliphatic rings. The summed E-state index contributed by atoms with van der Waals surface area (Å²) >= 11 is 1.32. The van der Waals surface area contributed by atoms with Crippen LogP contribution in [0.2, 0.25) is 0 Å². The van der Waals surface area contributed by atoms with E-state index in [1.807, 2.05) is 61.5 Å². The molecule has 49 heavy (non-hydrogen) atoms. The van der Waals surface area contributed by atoms with E-state index < -0.39 is 12.0 Å². The monoisotopic (exact) mass is 674 g/mol. The number of ether oxygens (including phenoxy) is 3. The fourth-order valence-corrected chi connectivity index (χ4v) is 7.25. The zero-order valence-corrected chi connectivity index (χ0v) is 29.5. The number of hydrogen-bond donors (Lipinski definition) is 0. The first kappa shape index (κ1) is 33.9. The molecule has 0 fully saturated rings. The summed E-state index contributed by atoms with van der Waals surface area (Å²) in [6.07, 6.45) is 3.25. The van der Waals surface area contributed by atoms with Crippen molar-refractivity contribution >= 4 is 34.2 Å². The second-order valence-corrected chi connectivity index (χ2v) is 13.3. The molecule has 0 radical (unpaired) electrons. The Balaban J connectivity index is 1.40. The number of carbonyl (C=O) groups excluding carboxylic acids is 1. The van der Waals surface area contributed by atoms with Crippen LogP contribution in [-0.4, -0.2) is 23.8 Å². The Morgan fingerprint density at radius 2 is 1.69 bits per heavy atom. The average molecular weight is 675 g/mol.